The van der Waals surface area contributed by atoms with Gasteiger partial charge in [0.05, 0.1) is 0 Å². The van der Waals surface area contributed by atoms with E-state index in [0.29, 0.717) is 4.85 Å². The van der Waals surface area contributed by atoms with Gasteiger partial charge in [0, 0.05) is 0 Å². The SMILES string of the molecule is [O-][n+]1nn(-c2ccccc2)cc1Cl. The molecule has 0 aliphatic rings. The Hall–Kier alpha value is -1.55. The average molecular weight is 196 g/mol. The highest BCUT2D eigenvalue weighted by atomic mass is 35.5. The van der Waals surface area contributed by atoms with Crippen molar-refractivity contribution >= 4 is 11.6 Å². The second kappa shape index (κ2) is 3.06. The van der Waals surface area contributed by atoms with Crippen LogP contribution in [0.2, 0.25) is 5.15 Å². The number of nitrogens with zero attached hydrogens (tertiary/aromatic N) is 3. The first kappa shape index (κ1) is 8.07. The van der Waals surface area contributed by atoms with E-state index in [0.717, 1.165) is 5.69 Å². The Kier molecular flexibility index (Phi) is 1.90. The lowest BCUT2D eigenvalue weighted by Gasteiger charge is -1.91. The van der Waals surface area contributed by atoms with Crippen molar-refractivity contribution in [1.29, 1.82) is 0 Å². The van der Waals surface area contributed by atoms with Gasteiger partial charge < -0.3 is 5.21 Å². The van der Waals surface area contributed by atoms with Crippen molar-refractivity contribution in [2.45, 2.75) is 0 Å². The predicted octanol–water partition coefficient (Wildman–Crippen LogP) is 1.16. The second-order valence-electron chi connectivity index (χ2n) is 2.49. The summed E-state index contributed by atoms with van der Waals surface area (Å²) in [5.41, 5.74) is 0.805. The number of benzene rings is 1. The van der Waals surface area contributed by atoms with Crippen molar-refractivity contribution < 1.29 is 4.85 Å². The van der Waals surface area contributed by atoms with Crippen LogP contribution in [-0.2, 0) is 0 Å². The molecule has 0 aliphatic carbocycles. The highest BCUT2D eigenvalue weighted by Gasteiger charge is 2.09. The average Bonchev–Trinajstić information content (AvgIpc) is 2.49. The van der Waals surface area contributed by atoms with Crippen molar-refractivity contribution in [2.24, 2.45) is 0 Å². The van der Waals surface area contributed by atoms with Gasteiger partial charge in [-0.05, 0) is 23.7 Å². The molecule has 0 unspecified atom stereocenters. The van der Waals surface area contributed by atoms with Gasteiger partial charge >= 0.3 is 0 Å². The second-order valence-corrected chi connectivity index (χ2v) is 2.88. The molecule has 0 bridgehead atoms. The first-order valence-corrected chi connectivity index (χ1v) is 4.05. The molecule has 0 amide bonds. The number of hydrogen-bond acceptors (Lipinski definition) is 2. The number of halogens is 1. The Labute approximate surface area is 79.5 Å². The normalized spacial score (nSPS) is 10.2. The van der Waals surface area contributed by atoms with Crippen LogP contribution in [-0.4, -0.2) is 9.90 Å². The molecule has 0 atom stereocenters. The minimum Gasteiger partial charge on any atom is -0.690 e. The van der Waals surface area contributed by atoms with E-state index >= 15 is 0 Å². The van der Waals surface area contributed by atoms with E-state index in [1.54, 1.807) is 0 Å². The maximum absolute atomic E-state index is 10.9. The Balaban J connectivity index is 2.48. The molecule has 2 aromatic rings. The maximum Gasteiger partial charge on any atom is 0.262 e. The zero-order chi connectivity index (χ0) is 9.26. The summed E-state index contributed by atoms with van der Waals surface area (Å²) < 4.78 is 1.43. The van der Waals surface area contributed by atoms with Gasteiger partial charge in [0.25, 0.3) is 5.15 Å². The van der Waals surface area contributed by atoms with E-state index in [4.69, 9.17) is 11.6 Å². The molecular formula is C8H6ClN3O. The fourth-order valence-corrected chi connectivity index (χ4v) is 1.14. The molecule has 0 spiro atoms. The zero-order valence-electron chi connectivity index (χ0n) is 6.59. The van der Waals surface area contributed by atoms with Crippen molar-refractivity contribution in [2.75, 3.05) is 0 Å². The van der Waals surface area contributed by atoms with Crippen LogP contribution in [0.4, 0.5) is 0 Å². The monoisotopic (exact) mass is 195 g/mol. The summed E-state index contributed by atoms with van der Waals surface area (Å²) >= 11 is 5.55. The van der Waals surface area contributed by atoms with Gasteiger partial charge in [0.2, 0.25) is 0 Å². The highest BCUT2D eigenvalue weighted by Crippen LogP contribution is 2.06. The maximum atomic E-state index is 10.9. The summed E-state index contributed by atoms with van der Waals surface area (Å²) in [5.74, 6) is 0. The zero-order valence-corrected chi connectivity index (χ0v) is 7.35. The van der Waals surface area contributed by atoms with Crippen molar-refractivity contribution in [3.05, 3.63) is 46.9 Å². The number of aromatic nitrogens is 3. The first-order valence-electron chi connectivity index (χ1n) is 3.68. The molecule has 0 saturated heterocycles. The summed E-state index contributed by atoms with van der Waals surface area (Å²) in [7, 11) is 0. The summed E-state index contributed by atoms with van der Waals surface area (Å²) in [6.07, 6.45) is 1.46. The molecule has 0 aliphatic heterocycles. The summed E-state index contributed by atoms with van der Waals surface area (Å²) in [6.45, 7) is 0. The topological polar surface area (TPSA) is 44.8 Å². The fraction of sp³-hybridized carbons (Fsp3) is 0. The molecule has 4 nitrogen and oxygen atoms in total. The van der Waals surface area contributed by atoms with E-state index < -0.39 is 0 Å². The lowest BCUT2D eigenvalue weighted by molar-refractivity contribution is -0.668. The molecule has 0 N–H and O–H groups in total. The van der Waals surface area contributed by atoms with Crippen LogP contribution in [0.3, 0.4) is 0 Å². The van der Waals surface area contributed by atoms with E-state index in [2.05, 4.69) is 5.21 Å². The molecule has 1 aromatic heterocycles. The summed E-state index contributed by atoms with van der Waals surface area (Å²) in [4.78, 5) is 0.370. The third-order valence-electron chi connectivity index (χ3n) is 1.61. The van der Waals surface area contributed by atoms with Crippen molar-refractivity contribution in [1.82, 2.24) is 9.90 Å². The standard InChI is InChI=1S/C8H6ClN3O/c9-8-6-11(10-12(8)13)7-4-2-1-3-5-7/h1-6H. The smallest absolute Gasteiger partial charge is 0.262 e. The quantitative estimate of drug-likeness (QED) is 0.506. The Morgan fingerprint density at radius 1 is 1.31 bits per heavy atom. The van der Waals surface area contributed by atoms with Crippen molar-refractivity contribution in [3.63, 3.8) is 0 Å². The van der Waals surface area contributed by atoms with Crippen LogP contribution in [0, 0.1) is 5.21 Å². The Morgan fingerprint density at radius 2 is 2.00 bits per heavy atom. The third kappa shape index (κ3) is 1.48. The van der Waals surface area contributed by atoms with Gasteiger partial charge in [-0.25, -0.2) is 0 Å². The van der Waals surface area contributed by atoms with Crippen LogP contribution in [0.15, 0.2) is 36.5 Å². The molecule has 0 radical (unpaired) electrons. The minimum atomic E-state index is 0.0591. The molecule has 0 fully saturated rings. The molecular weight excluding hydrogens is 190 g/mol. The van der Waals surface area contributed by atoms with E-state index in [1.807, 2.05) is 30.3 Å². The fourth-order valence-electron chi connectivity index (χ4n) is 1.01. The van der Waals surface area contributed by atoms with Gasteiger partial charge in [0.1, 0.15) is 5.21 Å². The van der Waals surface area contributed by atoms with Crippen LogP contribution >= 0.6 is 11.6 Å². The van der Waals surface area contributed by atoms with Crippen LogP contribution in [0.25, 0.3) is 5.69 Å². The molecule has 2 rings (SSSR count). The predicted molar refractivity (Wildman–Crippen MR) is 47.5 cm³/mol. The van der Waals surface area contributed by atoms with Crippen LogP contribution in [0.1, 0.15) is 0 Å². The molecule has 0 saturated carbocycles. The molecule has 5 heteroatoms. The van der Waals surface area contributed by atoms with Gasteiger partial charge in [0.15, 0.2) is 11.9 Å². The van der Waals surface area contributed by atoms with Crippen LogP contribution in [0.5, 0.6) is 0 Å². The summed E-state index contributed by atoms with van der Waals surface area (Å²) in [6, 6.07) is 9.28. The lowest BCUT2D eigenvalue weighted by Crippen LogP contribution is -2.29. The Bertz CT molecular complexity index is 393. The first-order chi connectivity index (χ1) is 6.27. The summed E-state index contributed by atoms with van der Waals surface area (Å²) in [5, 5.41) is 14.6. The third-order valence-corrected chi connectivity index (χ3v) is 1.85. The van der Waals surface area contributed by atoms with E-state index in [9.17, 15) is 5.21 Å². The van der Waals surface area contributed by atoms with E-state index in [1.165, 1.54) is 10.9 Å². The number of para-hydroxylation sites is 1. The largest absolute Gasteiger partial charge is 0.690 e. The van der Waals surface area contributed by atoms with Gasteiger partial charge in [-0.2, -0.15) is 0 Å². The molecule has 1 aromatic carbocycles. The molecule has 66 valence electrons. The highest BCUT2D eigenvalue weighted by molar-refractivity contribution is 6.28. The number of hydrogen-bond donors (Lipinski definition) is 0. The lowest BCUT2D eigenvalue weighted by atomic mass is 10.3. The van der Waals surface area contributed by atoms with Gasteiger partial charge in [-0.1, -0.05) is 18.2 Å². The van der Waals surface area contributed by atoms with Gasteiger partial charge in [-0.15, -0.1) is 9.53 Å². The minimum absolute atomic E-state index is 0.0591. The Morgan fingerprint density at radius 3 is 2.54 bits per heavy atom. The molecule has 1 heterocycles. The van der Waals surface area contributed by atoms with Crippen LogP contribution < -0.4 is 4.85 Å². The molecule has 13 heavy (non-hydrogen) atoms. The van der Waals surface area contributed by atoms with Gasteiger partial charge in [-0.3, -0.25) is 0 Å². The number of rotatable bonds is 1. The van der Waals surface area contributed by atoms with E-state index in [-0.39, 0.29) is 5.15 Å². The van der Waals surface area contributed by atoms with Crippen molar-refractivity contribution in [3.8, 4) is 5.69 Å².